The monoisotopic (exact) mass is 346 g/mol. The van der Waals surface area contributed by atoms with E-state index in [1.807, 2.05) is 24.8 Å². The predicted octanol–water partition coefficient (Wildman–Crippen LogP) is 2.34. The third kappa shape index (κ3) is 4.22. The standard InChI is InChI=1S/C14H22N2O2S3/c1-10-14(6-13(20-10)8-15-12-2-3-12)21(17,18)16-7-11-4-5-19-9-11/h6,11-12,15-16H,2-5,7-9H2,1H3. The summed E-state index contributed by atoms with van der Waals surface area (Å²) in [5.41, 5.74) is 0. The number of rotatable bonds is 7. The molecule has 0 aromatic carbocycles. The Morgan fingerprint density at radius 3 is 2.81 bits per heavy atom. The van der Waals surface area contributed by atoms with Crippen molar-refractivity contribution in [2.24, 2.45) is 5.92 Å². The first kappa shape index (κ1) is 15.8. The molecule has 7 heteroatoms. The summed E-state index contributed by atoms with van der Waals surface area (Å²) in [5.74, 6) is 2.71. The van der Waals surface area contributed by atoms with Crippen LogP contribution >= 0.6 is 23.1 Å². The normalized spacial score (nSPS) is 22.8. The summed E-state index contributed by atoms with van der Waals surface area (Å²) >= 11 is 3.49. The molecule has 0 amide bonds. The van der Waals surface area contributed by atoms with Crippen molar-refractivity contribution >= 4 is 33.1 Å². The van der Waals surface area contributed by atoms with Crippen LogP contribution in [0.25, 0.3) is 0 Å². The molecule has 2 heterocycles. The number of nitrogens with one attached hydrogen (secondary N) is 2. The summed E-state index contributed by atoms with van der Waals surface area (Å²) < 4.78 is 27.7. The highest BCUT2D eigenvalue weighted by Gasteiger charge is 2.24. The second-order valence-corrected chi connectivity index (χ2v) is 10.1. The molecule has 2 N–H and O–H groups in total. The van der Waals surface area contributed by atoms with Crippen LogP contribution < -0.4 is 10.0 Å². The highest BCUT2D eigenvalue weighted by atomic mass is 32.2. The quantitative estimate of drug-likeness (QED) is 0.796. The number of hydrogen-bond acceptors (Lipinski definition) is 5. The molecule has 3 rings (SSSR count). The lowest BCUT2D eigenvalue weighted by Crippen LogP contribution is -2.29. The molecule has 1 saturated carbocycles. The van der Waals surface area contributed by atoms with E-state index in [0.717, 1.165) is 34.2 Å². The van der Waals surface area contributed by atoms with Gasteiger partial charge in [-0.3, -0.25) is 0 Å². The van der Waals surface area contributed by atoms with Gasteiger partial charge < -0.3 is 5.32 Å². The molecule has 21 heavy (non-hydrogen) atoms. The maximum atomic E-state index is 12.4. The van der Waals surface area contributed by atoms with Crippen molar-refractivity contribution < 1.29 is 8.42 Å². The first-order valence-electron chi connectivity index (χ1n) is 7.45. The molecule has 1 aliphatic heterocycles. The number of hydrogen-bond donors (Lipinski definition) is 2. The van der Waals surface area contributed by atoms with Crippen molar-refractivity contribution in [3.63, 3.8) is 0 Å². The number of sulfonamides is 1. The largest absolute Gasteiger partial charge is 0.309 e. The second kappa shape index (κ2) is 6.58. The maximum absolute atomic E-state index is 12.4. The smallest absolute Gasteiger partial charge is 0.241 e. The highest BCUT2D eigenvalue weighted by molar-refractivity contribution is 7.99. The van der Waals surface area contributed by atoms with Crippen LogP contribution in [0.2, 0.25) is 0 Å². The van der Waals surface area contributed by atoms with Crippen LogP contribution in [-0.2, 0) is 16.6 Å². The van der Waals surface area contributed by atoms with Crippen molar-refractivity contribution in [1.29, 1.82) is 0 Å². The van der Waals surface area contributed by atoms with E-state index in [1.165, 1.54) is 12.8 Å². The van der Waals surface area contributed by atoms with Gasteiger partial charge in [0.2, 0.25) is 10.0 Å². The van der Waals surface area contributed by atoms with Crippen LogP contribution in [0.3, 0.4) is 0 Å². The minimum absolute atomic E-state index is 0.464. The van der Waals surface area contributed by atoms with Gasteiger partial charge in [-0.2, -0.15) is 11.8 Å². The highest BCUT2D eigenvalue weighted by Crippen LogP contribution is 2.28. The molecule has 4 nitrogen and oxygen atoms in total. The van der Waals surface area contributed by atoms with Gasteiger partial charge in [0.05, 0.1) is 4.90 Å². The first-order chi connectivity index (χ1) is 10.0. The summed E-state index contributed by atoms with van der Waals surface area (Å²) in [6.07, 6.45) is 3.61. The van der Waals surface area contributed by atoms with Crippen LogP contribution in [0.4, 0.5) is 0 Å². The molecule has 1 aromatic heterocycles. The number of thioether (sulfide) groups is 1. The third-order valence-corrected chi connectivity index (χ3v) is 7.90. The summed E-state index contributed by atoms with van der Waals surface area (Å²) in [6.45, 7) is 3.25. The Balaban J connectivity index is 1.62. The van der Waals surface area contributed by atoms with E-state index in [0.29, 0.717) is 23.4 Å². The minimum atomic E-state index is -3.36. The van der Waals surface area contributed by atoms with Crippen molar-refractivity contribution in [2.75, 3.05) is 18.1 Å². The lowest BCUT2D eigenvalue weighted by molar-refractivity contribution is 0.545. The Hall–Kier alpha value is -0.0800. The van der Waals surface area contributed by atoms with Gasteiger partial charge in [-0.15, -0.1) is 11.3 Å². The fourth-order valence-electron chi connectivity index (χ4n) is 2.46. The minimum Gasteiger partial charge on any atom is -0.309 e. The van der Waals surface area contributed by atoms with E-state index < -0.39 is 10.0 Å². The summed E-state index contributed by atoms with van der Waals surface area (Å²) in [5, 5.41) is 3.43. The molecule has 0 spiro atoms. The Morgan fingerprint density at radius 1 is 1.33 bits per heavy atom. The Bertz CT molecular complexity index is 587. The van der Waals surface area contributed by atoms with Crippen molar-refractivity contribution in [2.45, 2.75) is 43.7 Å². The average molecular weight is 347 g/mol. The fourth-order valence-corrected chi connectivity index (χ4v) is 6.44. The molecule has 0 radical (unpaired) electrons. The molecular formula is C14H22N2O2S3. The second-order valence-electron chi connectivity index (χ2n) is 5.87. The van der Waals surface area contributed by atoms with Gasteiger partial charge in [-0.1, -0.05) is 0 Å². The van der Waals surface area contributed by atoms with Gasteiger partial charge in [0.25, 0.3) is 0 Å². The number of aryl methyl sites for hydroxylation is 1. The van der Waals surface area contributed by atoms with Crippen LogP contribution in [0.1, 0.15) is 29.0 Å². The topological polar surface area (TPSA) is 58.2 Å². The third-order valence-electron chi connectivity index (χ3n) is 3.94. The lowest BCUT2D eigenvalue weighted by atomic mass is 10.1. The van der Waals surface area contributed by atoms with Gasteiger partial charge in [-0.05, 0) is 49.7 Å². The van der Waals surface area contributed by atoms with E-state index in [1.54, 1.807) is 11.3 Å². The fraction of sp³-hybridized carbons (Fsp3) is 0.714. The Morgan fingerprint density at radius 2 is 2.14 bits per heavy atom. The molecule has 1 saturated heterocycles. The molecule has 2 aliphatic rings. The maximum Gasteiger partial charge on any atom is 0.241 e. The first-order valence-corrected chi connectivity index (χ1v) is 10.9. The van der Waals surface area contributed by atoms with E-state index in [4.69, 9.17) is 0 Å². The van der Waals surface area contributed by atoms with Crippen molar-refractivity contribution in [1.82, 2.24) is 10.0 Å². The van der Waals surface area contributed by atoms with Crippen molar-refractivity contribution in [3.05, 3.63) is 15.8 Å². The van der Waals surface area contributed by atoms with Gasteiger partial charge >= 0.3 is 0 Å². The molecule has 1 aliphatic carbocycles. The van der Waals surface area contributed by atoms with Crippen LogP contribution in [0.5, 0.6) is 0 Å². The van der Waals surface area contributed by atoms with Gasteiger partial charge in [0.15, 0.2) is 0 Å². The molecule has 0 bridgehead atoms. The molecular weight excluding hydrogens is 324 g/mol. The van der Waals surface area contributed by atoms with Gasteiger partial charge in [0, 0.05) is 28.9 Å². The van der Waals surface area contributed by atoms with E-state index in [2.05, 4.69) is 10.0 Å². The molecule has 2 fully saturated rings. The Kier molecular flexibility index (Phi) is 4.95. The summed E-state index contributed by atoms with van der Waals surface area (Å²) in [6, 6.07) is 2.48. The van der Waals surface area contributed by atoms with Crippen LogP contribution in [-0.4, -0.2) is 32.5 Å². The molecule has 1 atom stereocenters. The van der Waals surface area contributed by atoms with E-state index >= 15 is 0 Å². The van der Waals surface area contributed by atoms with E-state index in [9.17, 15) is 8.42 Å². The zero-order valence-electron chi connectivity index (χ0n) is 12.2. The number of thiophene rings is 1. The summed E-state index contributed by atoms with van der Waals surface area (Å²) in [7, 11) is -3.36. The average Bonchev–Trinajstić information content (AvgIpc) is 2.97. The molecule has 1 aromatic rings. The predicted molar refractivity (Wildman–Crippen MR) is 89.5 cm³/mol. The molecule has 118 valence electrons. The Labute approximate surface area is 135 Å². The van der Waals surface area contributed by atoms with Gasteiger partial charge in [-0.25, -0.2) is 13.1 Å². The molecule has 1 unspecified atom stereocenters. The zero-order chi connectivity index (χ0) is 14.9. The SMILES string of the molecule is Cc1sc(CNC2CC2)cc1S(=O)(=O)NCC1CCSC1. The van der Waals surface area contributed by atoms with E-state index in [-0.39, 0.29) is 0 Å². The lowest BCUT2D eigenvalue weighted by Gasteiger charge is -2.10. The summed E-state index contributed by atoms with van der Waals surface area (Å²) in [4.78, 5) is 2.46. The zero-order valence-corrected chi connectivity index (χ0v) is 14.7. The van der Waals surface area contributed by atoms with Crippen LogP contribution in [0.15, 0.2) is 11.0 Å². The van der Waals surface area contributed by atoms with Crippen LogP contribution in [0, 0.1) is 12.8 Å². The van der Waals surface area contributed by atoms with Crippen molar-refractivity contribution in [3.8, 4) is 0 Å². The van der Waals surface area contributed by atoms with Gasteiger partial charge in [0.1, 0.15) is 0 Å².